The Balaban J connectivity index is 2.09. The second-order valence-electron chi connectivity index (χ2n) is 3.94. The Bertz CT molecular complexity index is 147. The second-order valence-corrected chi connectivity index (χ2v) is 3.94. The van der Waals surface area contributed by atoms with Gasteiger partial charge in [0.2, 0.25) is 0 Å². The first-order valence-electron chi connectivity index (χ1n) is 5.58. The maximum Gasteiger partial charge on any atom is 0.137 e. The minimum atomic E-state index is 0.238. The predicted molar refractivity (Wildman–Crippen MR) is 54.8 cm³/mol. The van der Waals surface area contributed by atoms with Crippen LogP contribution in [0.1, 0.15) is 45.4 Å². The number of unbranched alkanes of at least 4 members (excludes halogenated alkanes) is 3. The van der Waals surface area contributed by atoms with Crippen LogP contribution in [0.4, 0.5) is 0 Å². The van der Waals surface area contributed by atoms with Gasteiger partial charge in [-0.05, 0) is 32.4 Å². The number of aldehydes is 1. The molecule has 0 saturated carbocycles. The van der Waals surface area contributed by atoms with Crippen LogP contribution in [0.25, 0.3) is 0 Å². The number of hydrogen-bond acceptors (Lipinski definition) is 2. The van der Waals surface area contributed by atoms with Crippen molar-refractivity contribution in [3.8, 4) is 0 Å². The highest BCUT2D eigenvalue weighted by molar-refractivity contribution is 5.58. The molecular weight excluding hydrogens is 162 g/mol. The smallest absolute Gasteiger partial charge is 0.137 e. The molecule has 0 unspecified atom stereocenters. The van der Waals surface area contributed by atoms with Crippen LogP contribution in [-0.2, 0) is 4.79 Å². The summed E-state index contributed by atoms with van der Waals surface area (Å²) < 4.78 is 0. The molecular formula is C11H21NO. The fourth-order valence-electron chi connectivity index (χ4n) is 2.03. The lowest BCUT2D eigenvalue weighted by atomic mass is 10.2. The summed E-state index contributed by atoms with van der Waals surface area (Å²) in [5.74, 6) is 0. The van der Waals surface area contributed by atoms with Crippen LogP contribution in [0.3, 0.4) is 0 Å². The molecule has 1 heterocycles. The molecule has 0 spiro atoms. The van der Waals surface area contributed by atoms with E-state index in [0.29, 0.717) is 0 Å². The molecule has 76 valence electrons. The van der Waals surface area contributed by atoms with Crippen molar-refractivity contribution in [2.24, 2.45) is 0 Å². The van der Waals surface area contributed by atoms with Gasteiger partial charge in [-0.15, -0.1) is 0 Å². The molecule has 2 heteroatoms. The molecule has 1 rings (SSSR count). The number of hydrogen-bond donors (Lipinski definition) is 0. The molecule has 2 nitrogen and oxygen atoms in total. The van der Waals surface area contributed by atoms with Gasteiger partial charge in [-0.1, -0.05) is 26.2 Å². The summed E-state index contributed by atoms with van der Waals surface area (Å²) in [5.41, 5.74) is 0. The summed E-state index contributed by atoms with van der Waals surface area (Å²) >= 11 is 0. The van der Waals surface area contributed by atoms with Gasteiger partial charge in [0.1, 0.15) is 6.29 Å². The average Bonchev–Trinajstić information content (AvgIpc) is 2.60. The van der Waals surface area contributed by atoms with Crippen LogP contribution < -0.4 is 0 Å². The third kappa shape index (κ3) is 3.47. The second kappa shape index (κ2) is 6.14. The first kappa shape index (κ1) is 10.7. The van der Waals surface area contributed by atoms with E-state index in [1.807, 2.05) is 0 Å². The Labute approximate surface area is 81.3 Å². The number of nitrogens with zero attached hydrogens (tertiary/aromatic N) is 1. The Morgan fingerprint density at radius 2 is 2.23 bits per heavy atom. The van der Waals surface area contributed by atoms with Gasteiger partial charge in [-0.3, -0.25) is 4.90 Å². The fourth-order valence-corrected chi connectivity index (χ4v) is 2.03. The Morgan fingerprint density at radius 1 is 1.38 bits per heavy atom. The molecule has 1 saturated heterocycles. The van der Waals surface area contributed by atoms with Crippen LogP contribution in [0.2, 0.25) is 0 Å². The fraction of sp³-hybridized carbons (Fsp3) is 0.909. The van der Waals surface area contributed by atoms with Crippen molar-refractivity contribution in [2.75, 3.05) is 13.1 Å². The van der Waals surface area contributed by atoms with E-state index >= 15 is 0 Å². The van der Waals surface area contributed by atoms with Crippen molar-refractivity contribution in [1.82, 2.24) is 4.90 Å². The highest BCUT2D eigenvalue weighted by Gasteiger charge is 2.22. The molecule has 0 radical (unpaired) electrons. The summed E-state index contributed by atoms with van der Waals surface area (Å²) in [4.78, 5) is 13.0. The van der Waals surface area contributed by atoms with E-state index in [9.17, 15) is 4.79 Å². The Kier molecular flexibility index (Phi) is 5.06. The molecule has 0 aliphatic carbocycles. The molecule has 0 aromatic heterocycles. The van der Waals surface area contributed by atoms with Gasteiger partial charge in [-0.2, -0.15) is 0 Å². The van der Waals surface area contributed by atoms with Crippen molar-refractivity contribution in [3.05, 3.63) is 0 Å². The van der Waals surface area contributed by atoms with Crippen LogP contribution >= 0.6 is 0 Å². The van der Waals surface area contributed by atoms with Crippen molar-refractivity contribution >= 4 is 6.29 Å². The predicted octanol–water partition coefficient (Wildman–Crippen LogP) is 2.23. The number of carbonyl (C=O) groups is 1. The molecule has 0 amide bonds. The number of carbonyl (C=O) groups excluding carboxylic acids is 1. The maximum absolute atomic E-state index is 10.7. The minimum Gasteiger partial charge on any atom is -0.302 e. The zero-order chi connectivity index (χ0) is 9.52. The van der Waals surface area contributed by atoms with Crippen molar-refractivity contribution in [2.45, 2.75) is 51.5 Å². The summed E-state index contributed by atoms with van der Waals surface area (Å²) in [6.45, 7) is 4.49. The van der Waals surface area contributed by atoms with E-state index in [0.717, 1.165) is 25.8 Å². The summed E-state index contributed by atoms with van der Waals surface area (Å²) in [5, 5.41) is 0. The van der Waals surface area contributed by atoms with Crippen LogP contribution in [0.15, 0.2) is 0 Å². The molecule has 0 aromatic rings. The van der Waals surface area contributed by atoms with Gasteiger partial charge in [0.25, 0.3) is 0 Å². The SMILES string of the molecule is CCCCCCN1CCC[C@@H]1C=O. The van der Waals surface area contributed by atoms with Gasteiger partial charge in [0.15, 0.2) is 0 Å². The monoisotopic (exact) mass is 183 g/mol. The molecule has 0 N–H and O–H groups in total. The largest absolute Gasteiger partial charge is 0.302 e. The lowest BCUT2D eigenvalue weighted by Crippen LogP contribution is -2.31. The topological polar surface area (TPSA) is 20.3 Å². The maximum atomic E-state index is 10.7. The molecule has 13 heavy (non-hydrogen) atoms. The van der Waals surface area contributed by atoms with Crippen LogP contribution in [-0.4, -0.2) is 30.3 Å². The van der Waals surface area contributed by atoms with E-state index in [2.05, 4.69) is 11.8 Å². The van der Waals surface area contributed by atoms with Gasteiger partial charge in [0.05, 0.1) is 6.04 Å². The zero-order valence-corrected chi connectivity index (χ0v) is 8.67. The molecule has 0 aromatic carbocycles. The third-order valence-electron chi connectivity index (χ3n) is 2.87. The number of likely N-dealkylation sites (tertiary alicyclic amines) is 1. The summed E-state index contributed by atoms with van der Waals surface area (Å²) in [6, 6.07) is 0.238. The normalized spacial score (nSPS) is 23.6. The third-order valence-corrected chi connectivity index (χ3v) is 2.87. The lowest BCUT2D eigenvalue weighted by Gasteiger charge is -2.19. The summed E-state index contributed by atoms with van der Waals surface area (Å²) in [7, 11) is 0. The highest BCUT2D eigenvalue weighted by atomic mass is 16.1. The van der Waals surface area contributed by atoms with E-state index in [-0.39, 0.29) is 6.04 Å². The van der Waals surface area contributed by atoms with Gasteiger partial charge < -0.3 is 4.79 Å². The lowest BCUT2D eigenvalue weighted by molar-refractivity contribution is -0.111. The van der Waals surface area contributed by atoms with E-state index in [4.69, 9.17) is 0 Å². The van der Waals surface area contributed by atoms with Gasteiger partial charge in [-0.25, -0.2) is 0 Å². The average molecular weight is 183 g/mol. The van der Waals surface area contributed by atoms with Gasteiger partial charge in [0, 0.05) is 0 Å². The first-order chi connectivity index (χ1) is 6.38. The Morgan fingerprint density at radius 3 is 2.92 bits per heavy atom. The molecule has 1 fully saturated rings. The number of rotatable bonds is 6. The highest BCUT2D eigenvalue weighted by Crippen LogP contribution is 2.16. The quantitative estimate of drug-likeness (QED) is 0.465. The van der Waals surface area contributed by atoms with E-state index < -0.39 is 0 Å². The zero-order valence-electron chi connectivity index (χ0n) is 8.67. The van der Waals surface area contributed by atoms with Crippen molar-refractivity contribution in [3.63, 3.8) is 0 Å². The summed E-state index contributed by atoms with van der Waals surface area (Å²) in [6.07, 6.45) is 8.61. The standard InChI is InChI=1S/C11H21NO/c1-2-3-4-5-8-12-9-6-7-11(12)10-13/h10-11H,2-9H2,1H3/t11-/m1/s1. The Hall–Kier alpha value is -0.370. The van der Waals surface area contributed by atoms with Gasteiger partial charge >= 0.3 is 0 Å². The van der Waals surface area contributed by atoms with Crippen molar-refractivity contribution < 1.29 is 4.79 Å². The van der Waals surface area contributed by atoms with E-state index in [1.165, 1.54) is 32.1 Å². The molecule has 0 bridgehead atoms. The van der Waals surface area contributed by atoms with Crippen LogP contribution in [0, 0.1) is 0 Å². The van der Waals surface area contributed by atoms with E-state index in [1.54, 1.807) is 0 Å². The first-order valence-corrected chi connectivity index (χ1v) is 5.58. The molecule has 1 aliphatic heterocycles. The molecule has 1 aliphatic rings. The molecule has 1 atom stereocenters. The minimum absolute atomic E-state index is 0.238. The van der Waals surface area contributed by atoms with Crippen LogP contribution in [0.5, 0.6) is 0 Å². The van der Waals surface area contributed by atoms with Crippen molar-refractivity contribution in [1.29, 1.82) is 0 Å².